The molecular formula is C16H25N3O2. The van der Waals surface area contributed by atoms with Crippen LogP contribution in [-0.4, -0.2) is 33.4 Å². The lowest BCUT2D eigenvalue weighted by atomic mass is 10.1. The lowest BCUT2D eigenvalue weighted by molar-refractivity contribution is 0.0867. The van der Waals surface area contributed by atoms with Crippen LogP contribution in [0.1, 0.15) is 56.0 Å². The van der Waals surface area contributed by atoms with Crippen molar-refractivity contribution in [1.82, 2.24) is 14.7 Å². The third-order valence-corrected chi connectivity index (χ3v) is 4.79. The number of hydrogen-bond acceptors (Lipinski definition) is 3. The molecule has 5 heteroatoms. The molecule has 0 spiro atoms. The number of carbonyl (C=O) groups excluding carboxylic acids is 1. The quantitative estimate of drug-likeness (QED) is 0.857. The van der Waals surface area contributed by atoms with Gasteiger partial charge in [0, 0.05) is 18.8 Å². The van der Waals surface area contributed by atoms with Crippen molar-refractivity contribution in [1.29, 1.82) is 0 Å². The van der Waals surface area contributed by atoms with Gasteiger partial charge in [0.05, 0.1) is 18.8 Å². The second-order valence-corrected chi connectivity index (χ2v) is 6.11. The first-order valence-corrected chi connectivity index (χ1v) is 8.17. The van der Waals surface area contributed by atoms with Gasteiger partial charge in [-0.05, 0) is 44.6 Å². The number of aromatic nitrogens is 2. The predicted molar refractivity (Wildman–Crippen MR) is 80.1 cm³/mol. The number of aryl methyl sites for hydroxylation is 1. The topological polar surface area (TPSA) is 47.4 Å². The van der Waals surface area contributed by atoms with Crippen molar-refractivity contribution in [3.63, 3.8) is 0 Å². The van der Waals surface area contributed by atoms with Gasteiger partial charge in [-0.3, -0.25) is 9.58 Å². The van der Waals surface area contributed by atoms with E-state index in [1.165, 1.54) is 30.5 Å². The van der Waals surface area contributed by atoms with Gasteiger partial charge < -0.3 is 4.74 Å². The van der Waals surface area contributed by atoms with E-state index < -0.39 is 0 Å². The SMILES string of the molecule is CCOC(=O)N(Cc1nn(C)c2c1CCC2)C1CCCC1. The van der Waals surface area contributed by atoms with Crippen molar-refractivity contribution < 1.29 is 9.53 Å². The van der Waals surface area contributed by atoms with Gasteiger partial charge in [0.2, 0.25) is 0 Å². The van der Waals surface area contributed by atoms with Crippen molar-refractivity contribution in [2.45, 2.75) is 64.5 Å². The molecule has 3 rings (SSSR count). The highest BCUT2D eigenvalue weighted by Crippen LogP contribution is 2.29. The van der Waals surface area contributed by atoms with Crippen molar-refractivity contribution in [3.8, 4) is 0 Å². The van der Waals surface area contributed by atoms with E-state index >= 15 is 0 Å². The smallest absolute Gasteiger partial charge is 0.410 e. The van der Waals surface area contributed by atoms with Crippen molar-refractivity contribution in [2.24, 2.45) is 7.05 Å². The van der Waals surface area contributed by atoms with Crippen LogP contribution in [0.4, 0.5) is 4.79 Å². The molecule has 0 aliphatic heterocycles. The molecule has 1 fully saturated rings. The van der Waals surface area contributed by atoms with Crippen LogP contribution in [0, 0.1) is 0 Å². The Kier molecular flexibility index (Phi) is 4.17. The fourth-order valence-electron chi connectivity index (χ4n) is 3.75. The van der Waals surface area contributed by atoms with Crippen LogP contribution in [0.5, 0.6) is 0 Å². The summed E-state index contributed by atoms with van der Waals surface area (Å²) in [5, 5.41) is 4.65. The summed E-state index contributed by atoms with van der Waals surface area (Å²) in [4.78, 5) is 14.2. The number of carbonyl (C=O) groups is 1. The van der Waals surface area contributed by atoms with Gasteiger partial charge in [-0.1, -0.05) is 12.8 Å². The fraction of sp³-hybridized carbons (Fsp3) is 0.750. The van der Waals surface area contributed by atoms with E-state index in [9.17, 15) is 4.79 Å². The van der Waals surface area contributed by atoms with Crippen molar-refractivity contribution in [2.75, 3.05) is 6.61 Å². The van der Waals surface area contributed by atoms with Gasteiger partial charge in [0.25, 0.3) is 0 Å². The van der Waals surface area contributed by atoms with Crippen LogP contribution in [0.2, 0.25) is 0 Å². The Morgan fingerprint density at radius 2 is 2.10 bits per heavy atom. The summed E-state index contributed by atoms with van der Waals surface area (Å²) in [6, 6.07) is 0.322. The number of fused-ring (bicyclic) bond motifs is 1. The van der Waals surface area contributed by atoms with Gasteiger partial charge in [0.1, 0.15) is 0 Å². The monoisotopic (exact) mass is 291 g/mol. The number of nitrogens with zero attached hydrogens (tertiary/aromatic N) is 3. The molecule has 0 bridgehead atoms. The zero-order chi connectivity index (χ0) is 14.8. The molecule has 1 heterocycles. The average molecular weight is 291 g/mol. The standard InChI is InChI=1S/C16H25N3O2/c1-3-21-16(20)19(12-7-4-5-8-12)11-14-13-9-6-10-15(13)18(2)17-14/h12H,3-11H2,1-2H3. The molecule has 0 N–H and O–H groups in total. The summed E-state index contributed by atoms with van der Waals surface area (Å²) in [6.07, 6.45) is 7.84. The molecule has 1 aromatic rings. The van der Waals surface area contributed by atoms with Crippen molar-refractivity contribution >= 4 is 6.09 Å². The second-order valence-electron chi connectivity index (χ2n) is 6.11. The molecule has 0 atom stereocenters. The summed E-state index contributed by atoms with van der Waals surface area (Å²) in [5.74, 6) is 0. The highest BCUT2D eigenvalue weighted by atomic mass is 16.6. The van der Waals surface area contributed by atoms with E-state index in [0.29, 0.717) is 19.2 Å². The molecule has 1 amide bonds. The molecule has 1 saturated carbocycles. The zero-order valence-electron chi connectivity index (χ0n) is 13.1. The van der Waals surface area contributed by atoms with Crippen LogP contribution in [0.15, 0.2) is 0 Å². The molecular weight excluding hydrogens is 266 g/mol. The lowest BCUT2D eigenvalue weighted by Crippen LogP contribution is -2.39. The van der Waals surface area contributed by atoms with Gasteiger partial charge in [-0.2, -0.15) is 5.10 Å². The largest absolute Gasteiger partial charge is 0.450 e. The first kappa shape index (κ1) is 14.4. The lowest BCUT2D eigenvalue weighted by Gasteiger charge is -2.27. The van der Waals surface area contributed by atoms with Crippen LogP contribution in [-0.2, 0) is 31.2 Å². The Balaban J connectivity index is 1.80. The third kappa shape index (κ3) is 2.78. The first-order valence-electron chi connectivity index (χ1n) is 8.17. The van der Waals surface area contributed by atoms with E-state index in [1.807, 2.05) is 23.6 Å². The Morgan fingerprint density at radius 1 is 1.33 bits per heavy atom. The Labute approximate surface area is 126 Å². The maximum absolute atomic E-state index is 12.3. The van der Waals surface area contributed by atoms with Crippen LogP contribution in [0.3, 0.4) is 0 Å². The maximum atomic E-state index is 12.3. The summed E-state index contributed by atoms with van der Waals surface area (Å²) >= 11 is 0. The van der Waals surface area contributed by atoms with Crippen LogP contribution in [0.25, 0.3) is 0 Å². The summed E-state index contributed by atoms with van der Waals surface area (Å²) < 4.78 is 7.26. The molecule has 0 saturated heterocycles. The molecule has 21 heavy (non-hydrogen) atoms. The summed E-state index contributed by atoms with van der Waals surface area (Å²) in [7, 11) is 2.01. The zero-order valence-corrected chi connectivity index (χ0v) is 13.1. The molecule has 0 unspecified atom stereocenters. The predicted octanol–water partition coefficient (Wildman–Crippen LogP) is 2.81. The molecule has 116 valence electrons. The van der Waals surface area contributed by atoms with Gasteiger partial charge in [-0.25, -0.2) is 4.79 Å². The van der Waals surface area contributed by atoms with Crippen LogP contribution < -0.4 is 0 Å². The molecule has 2 aliphatic rings. The van der Waals surface area contributed by atoms with E-state index in [2.05, 4.69) is 5.10 Å². The number of hydrogen-bond donors (Lipinski definition) is 0. The van der Waals surface area contributed by atoms with Crippen molar-refractivity contribution in [3.05, 3.63) is 17.0 Å². The fourth-order valence-corrected chi connectivity index (χ4v) is 3.75. The summed E-state index contributed by atoms with van der Waals surface area (Å²) in [6.45, 7) is 2.90. The van der Waals surface area contributed by atoms with E-state index in [0.717, 1.165) is 31.4 Å². The number of rotatable bonds is 4. The molecule has 5 nitrogen and oxygen atoms in total. The van der Waals surface area contributed by atoms with Crippen LogP contribution >= 0.6 is 0 Å². The Hall–Kier alpha value is -1.52. The van der Waals surface area contributed by atoms with Gasteiger partial charge in [-0.15, -0.1) is 0 Å². The molecule has 1 aromatic heterocycles. The minimum absolute atomic E-state index is 0.179. The number of ether oxygens (including phenoxy) is 1. The Morgan fingerprint density at radius 3 is 2.81 bits per heavy atom. The number of amides is 1. The normalized spacial score (nSPS) is 18.0. The maximum Gasteiger partial charge on any atom is 0.410 e. The minimum atomic E-state index is -0.179. The summed E-state index contributed by atoms with van der Waals surface area (Å²) in [5.41, 5.74) is 3.79. The molecule has 0 radical (unpaired) electrons. The Bertz CT molecular complexity index is 518. The van der Waals surface area contributed by atoms with E-state index in [-0.39, 0.29) is 6.09 Å². The first-order chi connectivity index (χ1) is 10.2. The third-order valence-electron chi connectivity index (χ3n) is 4.79. The van der Waals surface area contributed by atoms with E-state index in [4.69, 9.17) is 4.74 Å². The molecule has 0 aromatic carbocycles. The second kappa shape index (κ2) is 6.08. The highest BCUT2D eigenvalue weighted by Gasteiger charge is 2.30. The van der Waals surface area contributed by atoms with E-state index in [1.54, 1.807) is 0 Å². The minimum Gasteiger partial charge on any atom is -0.450 e. The molecule has 2 aliphatic carbocycles. The van der Waals surface area contributed by atoms with Gasteiger partial charge in [0.15, 0.2) is 0 Å². The highest BCUT2D eigenvalue weighted by molar-refractivity contribution is 5.68. The van der Waals surface area contributed by atoms with Gasteiger partial charge >= 0.3 is 6.09 Å². The average Bonchev–Trinajstić information content (AvgIpc) is 3.16.